The van der Waals surface area contributed by atoms with Crippen molar-refractivity contribution in [3.05, 3.63) is 28.7 Å². The molecule has 0 amide bonds. The third-order valence-corrected chi connectivity index (χ3v) is 3.92. The molecule has 0 fully saturated rings. The quantitative estimate of drug-likeness (QED) is 0.677. The second kappa shape index (κ2) is 2.83. The summed E-state index contributed by atoms with van der Waals surface area (Å²) in [5.41, 5.74) is 6.09. The van der Waals surface area contributed by atoms with Gasteiger partial charge in [0.1, 0.15) is 0 Å². The maximum absolute atomic E-state index is 11.7. The first-order chi connectivity index (χ1) is 6.93. The molecule has 0 unspecified atom stereocenters. The van der Waals surface area contributed by atoms with Gasteiger partial charge in [-0.05, 0) is 23.8 Å². The molecule has 1 aliphatic rings. The minimum atomic E-state index is -3.89. The van der Waals surface area contributed by atoms with Crippen molar-refractivity contribution in [2.45, 2.75) is 4.90 Å². The molecule has 5 nitrogen and oxygen atoms in total. The van der Waals surface area contributed by atoms with E-state index in [0.29, 0.717) is 5.56 Å². The van der Waals surface area contributed by atoms with Crippen molar-refractivity contribution in [1.29, 1.82) is 0 Å². The number of sulfone groups is 1. The van der Waals surface area contributed by atoms with E-state index in [1.165, 1.54) is 18.2 Å². The molecule has 1 aliphatic heterocycles. The molecule has 2 rings (SSSR count). The van der Waals surface area contributed by atoms with Gasteiger partial charge in [0.15, 0.2) is 4.91 Å². The number of carboxylic acid groups (broad SMARTS) is 1. The SMILES string of the molecule is Nc1ccc2c(c1)S(=O)(=O)C(C(=O)O)=C2. The largest absolute Gasteiger partial charge is 0.477 e. The zero-order valence-electron chi connectivity index (χ0n) is 7.47. The lowest BCUT2D eigenvalue weighted by Gasteiger charge is -2.00. The molecule has 0 saturated heterocycles. The van der Waals surface area contributed by atoms with Gasteiger partial charge in [0.2, 0.25) is 9.84 Å². The number of hydrogen-bond acceptors (Lipinski definition) is 4. The molecule has 3 N–H and O–H groups in total. The zero-order valence-corrected chi connectivity index (χ0v) is 8.28. The number of hydrogen-bond donors (Lipinski definition) is 2. The van der Waals surface area contributed by atoms with Crippen LogP contribution < -0.4 is 5.73 Å². The first kappa shape index (κ1) is 9.72. The topological polar surface area (TPSA) is 97.5 Å². The molecular weight excluding hydrogens is 218 g/mol. The summed E-state index contributed by atoms with van der Waals surface area (Å²) in [6.45, 7) is 0. The molecule has 1 aromatic rings. The highest BCUT2D eigenvalue weighted by Gasteiger charge is 2.34. The van der Waals surface area contributed by atoms with E-state index in [-0.39, 0.29) is 10.6 Å². The van der Waals surface area contributed by atoms with Crippen LogP contribution in [0.15, 0.2) is 28.0 Å². The normalized spacial score (nSPS) is 16.9. The summed E-state index contributed by atoms with van der Waals surface area (Å²) in [5.74, 6) is -1.45. The fraction of sp³-hybridized carbons (Fsp3) is 0. The molecule has 0 atom stereocenters. The number of nitrogens with two attached hydrogens (primary N) is 1. The Balaban J connectivity index is 2.74. The Bertz CT molecular complexity index is 586. The number of anilines is 1. The molecular formula is C9H7NO4S. The van der Waals surface area contributed by atoms with Crippen LogP contribution in [0.3, 0.4) is 0 Å². The van der Waals surface area contributed by atoms with Gasteiger partial charge >= 0.3 is 5.97 Å². The summed E-state index contributed by atoms with van der Waals surface area (Å²) in [4.78, 5) is 10.0. The number of carboxylic acids is 1. The van der Waals surface area contributed by atoms with Crippen LogP contribution in [0.5, 0.6) is 0 Å². The van der Waals surface area contributed by atoms with Gasteiger partial charge in [-0.25, -0.2) is 13.2 Å². The van der Waals surface area contributed by atoms with Gasteiger partial charge in [0, 0.05) is 5.69 Å². The highest BCUT2D eigenvalue weighted by molar-refractivity contribution is 7.96. The van der Waals surface area contributed by atoms with Gasteiger partial charge in [-0.3, -0.25) is 0 Å². The molecule has 0 radical (unpaired) electrons. The van der Waals surface area contributed by atoms with E-state index in [0.717, 1.165) is 6.08 Å². The summed E-state index contributed by atoms with van der Waals surface area (Å²) in [6, 6.07) is 4.27. The lowest BCUT2D eigenvalue weighted by molar-refractivity contribution is -0.131. The Morgan fingerprint density at radius 3 is 2.60 bits per heavy atom. The third kappa shape index (κ3) is 1.30. The van der Waals surface area contributed by atoms with Crippen LogP contribution >= 0.6 is 0 Å². The molecule has 0 spiro atoms. The summed E-state index contributed by atoms with van der Waals surface area (Å²) in [7, 11) is -3.89. The van der Waals surface area contributed by atoms with E-state index in [4.69, 9.17) is 10.8 Å². The minimum Gasteiger partial charge on any atom is -0.477 e. The summed E-state index contributed by atoms with van der Waals surface area (Å²) in [6.07, 6.45) is 1.13. The Morgan fingerprint density at radius 1 is 1.33 bits per heavy atom. The molecule has 0 bridgehead atoms. The molecule has 6 heteroatoms. The standard InChI is InChI=1S/C9H7NO4S/c10-6-2-1-5-3-8(9(11)12)15(13,14)7(5)4-6/h1-4H,10H2,(H,11,12). The van der Waals surface area contributed by atoms with Crippen molar-refractivity contribution in [2.75, 3.05) is 5.73 Å². The number of aliphatic carboxylic acids is 1. The van der Waals surface area contributed by atoms with Crippen LogP contribution in [0.25, 0.3) is 6.08 Å². The van der Waals surface area contributed by atoms with E-state index in [2.05, 4.69) is 0 Å². The summed E-state index contributed by atoms with van der Waals surface area (Å²) in [5, 5.41) is 8.71. The molecule has 78 valence electrons. The van der Waals surface area contributed by atoms with E-state index in [1.807, 2.05) is 0 Å². The predicted octanol–water partition coefficient (Wildman–Crippen LogP) is 0.482. The molecule has 0 aliphatic carbocycles. The smallest absolute Gasteiger partial charge is 0.347 e. The minimum absolute atomic E-state index is 0.0418. The third-order valence-electron chi connectivity index (χ3n) is 2.11. The number of benzene rings is 1. The second-order valence-electron chi connectivity index (χ2n) is 3.11. The second-order valence-corrected chi connectivity index (χ2v) is 5.00. The number of carbonyl (C=O) groups is 1. The van der Waals surface area contributed by atoms with Gasteiger partial charge in [0.05, 0.1) is 4.90 Å². The Labute approximate surface area is 85.8 Å². The first-order valence-electron chi connectivity index (χ1n) is 4.02. The summed E-state index contributed by atoms with van der Waals surface area (Å²) < 4.78 is 23.3. The van der Waals surface area contributed by atoms with Gasteiger partial charge in [-0.1, -0.05) is 6.07 Å². The number of rotatable bonds is 1. The Kier molecular flexibility index (Phi) is 1.84. The average molecular weight is 225 g/mol. The monoisotopic (exact) mass is 225 g/mol. The van der Waals surface area contributed by atoms with Crippen LogP contribution in [0.4, 0.5) is 5.69 Å². The fourth-order valence-corrected chi connectivity index (χ4v) is 2.89. The van der Waals surface area contributed by atoms with E-state index >= 15 is 0 Å². The summed E-state index contributed by atoms with van der Waals surface area (Å²) >= 11 is 0. The van der Waals surface area contributed by atoms with Crippen LogP contribution in [0.1, 0.15) is 5.56 Å². The van der Waals surface area contributed by atoms with Crippen LogP contribution in [-0.4, -0.2) is 19.5 Å². The van der Waals surface area contributed by atoms with Crippen LogP contribution in [0, 0.1) is 0 Å². The highest BCUT2D eigenvalue weighted by atomic mass is 32.2. The highest BCUT2D eigenvalue weighted by Crippen LogP contribution is 2.33. The van der Waals surface area contributed by atoms with Gasteiger partial charge in [-0.2, -0.15) is 0 Å². The Hall–Kier alpha value is -1.82. The van der Waals surface area contributed by atoms with Crippen molar-refractivity contribution in [2.24, 2.45) is 0 Å². The van der Waals surface area contributed by atoms with Crippen molar-refractivity contribution in [3.8, 4) is 0 Å². The molecule has 0 aromatic heterocycles. The van der Waals surface area contributed by atoms with Crippen molar-refractivity contribution in [1.82, 2.24) is 0 Å². The number of nitrogen functional groups attached to an aromatic ring is 1. The molecule has 1 heterocycles. The van der Waals surface area contributed by atoms with E-state index < -0.39 is 20.7 Å². The van der Waals surface area contributed by atoms with Gasteiger partial charge in [0.25, 0.3) is 0 Å². The Morgan fingerprint density at radius 2 is 2.00 bits per heavy atom. The lowest BCUT2D eigenvalue weighted by atomic mass is 10.2. The first-order valence-corrected chi connectivity index (χ1v) is 5.51. The van der Waals surface area contributed by atoms with Crippen molar-refractivity contribution in [3.63, 3.8) is 0 Å². The van der Waals surface area contributed by atoms with E-state index in [9.17, 15) is 13.2 Å². The average Bonchev–Trinajstić information content (AvgIpc) is 2.39. The van der Waals surface area contributed by atoms with Crippen molar-refractivity contribution >= 4 is 27.6 Å². The predicted molar refractivity (Wildman–Crippen MR) is 53.7 cm³/mol. The maximum Gasteiger partial charge on any atom is 0.347 e. The maximum atomic E-state index is 11.7. The van der Waals surface area contributed by atoms with E-state index in [1.54, 1.807) is 0 Å². The van der Waals surface area contributed by atoms with Crippen LogP contribution in [-0.2, 0) is 14.6 Å². The van der Waals surface area contributed by atoms with Crippen molar-refractivity contribution < 1.29 is 18.3 Å². The molecule has 15 heavy (non-hydrogen) atoms. The van der Waals surface area contributed by atoms with Crippen LogP contribution in [0.2, 0.25) is 0 Å². The van der Waals surface area contributed by atoms with Gasteiger partial charge < -0.3 is 10.8 Å². The zero-order chi connectivity index (χ0) is 11.2. The fourth-order valence-electron chi connectivity index (χ4n) is 1.42. The number of fused-ring (bicyclic) bond motifs is 1. The molecule has 1 aromatic carbocycles. The lowest BCUT2D eigenvalue weighted by Crippen LogP contribution is -2.09. The van der Waals surface area contributed by atoms with Gasteiger partial charge in [-0.15, -0.1) is 0 Å². The molecule has 0 saturated carbocycles.